The molecule has 0 radical (unpaired) electrons. The van der Waals surface area contributed by atoms with E-state index in [-0.39, 0.29) is 5.97 Å². The normalized spacial score (nSPS) is 20.5. The molecule has 0 saturated carbocycles. The Morgan fingerprint density at radius 2 is 1.82 bits per heavy atom. The Morgan fingerprint density at radius 1 is 1.24 bits per heavy atom. The highest BCUT2D eigenvalue weighted by molar-refractivity contribution is 5.70. The standard InChI is InChI=1S/C13H26N2O2/c1-5-17-13(16)10-12(11(2)3)15-8-6-14(4)7-9-15/h11-12H,5-10H2,1-4H3. The van der Waals surface area contributed by atoms with E-state index in [1.165, 1.54) is 0 Å². The lowest BCUT2D eigenvalue weighted by Crippen LogP contribution is -2.51. The summed E-state index contributed by atoms with van der Waals surface area (Å²) in [5.41, 5.74) is 0. The van der Waals surface area contributed by atoms with E-state index in [1.807, 2.05) is 6.92 Å². The second-order valence-electron chi connectivity index (χ2n) is 5.16. The van der Waals surface area contributed by atoms with Crippen LogP contribution in [0.4, 0.5) is 0 Å². The summed E-state index contributed by atoms with van der Waals surface area (Å²) >= 11 is 0. The maximum Gasteiger partial charge on any atom is 0.307 e. The molecule has 1 fully saturated rings. The first-order chi connectivity index (χ1) is 8.04. The summed E-state index contributed by atoms with van der Waals surface area (Å²) in [5, 5.41) is 0. The van der Waals surface area contributed by atoms with Crippen LogP contribution in [-0.4, -0.2) is 61.6 Å². The Hall–Kier alpha value is -0.610. The monoisotopic (exact) mass is 242 g/mol. The molecule has 0 aliphatic carbocycles. The van der Waals surface area contributed by atoms with Crippen molar-refractivity contribution in [2.24, 2.45) is 5.92 Å². The van der Waals surface area contributed by atoms with E-state index in [0.29, 0.717) is 25.0 Å². The van der Waals surface area contributed by atoms with Crippen molar-refractivity contribution in [3.05, 3.63) is 0 Å². The van der Waals surface area contributed by atoms with Crippen molar-refractivity contribution in [2.75, 3.05) is 39.8 Å². The molecule has 1 atom stereocenters. The van der Waals surface area contributed by atoms with Gasteiger partial charge in [-0.25, -0.2) is 0 Å². The van der Waals surface area contributed by atoms with Crippen LogP contribution in [0.15, 0.2) is 0 Å². The molecule has 1 aliphatic heterocycles. The largest absolute Gasteiger partial charge is 0.466 e. The number of carbonyl (C=O) groups excluding carboxylic acids is 1. The fraction of sp³-hybridized carbons (Fsp3) is 0.923. The van der Waals surface area contributed by atoms with Gasteiger partial charge in [0.2, 0.25) is 0 Å². The van der Waals surface area contributed by atoms with E-state index in [0.717, 1.165) is 26.2 Å². The highest BCUT2D eigenvalue weighted by Crippen LogP contribution is 2.17. The third-order valence-corrected chi connectivity index (χ3v) is 3.46. The Balaban J connectivity index is 2.50. The summed E-state index contributed by atoms with van der Waals surface area (Å²) in [5.74, 6) is 0.424. The summed E-state index contributed by atoms with van der Waals surface area (Å²) < 4.78 is 5.06. The van der Waals surface area contributed by atoms with Crippen LogP contribution in [0.2, 0.25) is 0 Å². The molecule has 4 heteroatoms. The third kappa shape index (κ3) is 4.64. The quantitative estimate of drug-likeness (QED) is 0.679. The molecule has 0 aromatic heterocycles. The highest BCUT2D eigenvalue weighted by Gasteiger charge is 2.27. The van der Waals surface area contributed by atoms with Crippen molar-refractivity contribution < 1.29 is 9.53 Å². The van der Waals surface area contributed by atoms with Crippen molar-refractivity contribution in [3.8, 4) is 0 Å². The number of hydrogen-bond acceptors (Lipinski definition) is 4. The summed E-state index contributed by atoms with van der Waals surface area (Å²) in [6.07, 6.45) is 0.523. The minimum Gasteiger partial charge on any atom is -0.466 e. The van der Waals surface area contributed by atoms with Crippen molar-refractivity contribution in [1.29, 1.82) is 0 Å². The molecule has 100 valence electrons. The summed E-state index contributed by atoms with van der Waals surface area (Å²) in [6, 6.07) is 0.322. The fourth-order valence-corrected chi connectivity index (χ4v) is 2.33. The first kappa shape index (κ1) is 14.5. The number of piperazine rings is 1. The molecule has 17 heavy (non-hydrogen) atoms. The smallest absolute Gasteiger partial charge is 0.307 e. The Labute approximate surface area is 105 Å². The average molecular weight is 242 g/mol. The maximum absolute atomic E-state index is 11.6. The van der Waals surface area contributed by atoms with Crippen LogP contribution < -0.4 is 0 Å². The Kier molecular flexibility index (Phi) is 5.92. The summed E-state index contributed by atoms with van der Waals surface area (Å²) in [6.45, 7) is 11.0. The SMILES string of the molecule is CCOC(=O)CC(C(C)C)N1CCN(C)CC1. The Bertz CT molecular complexity index is 236. The van der Waals surface area contributed by atoms with Gasteiger partial charge in [0.05, 0.1) is 13.0 Å². The van der Waals surface area contributed by atoms with Gasteiger partial charge in [-0.1, -0.05) is 13.8 Å². The molecule has 1 rings (SSSR count). The van der Waals surface area contributed by atoms with Crippen LogP contribution in [0.3, 0.4) is 0 Å². The van der Waals surface area contributed by atoms with Gasteiger partial charge in [0, 0.05) is 32.2 Å². The number of rotatable bonds is 5. The van der Waals surface area contributed by atoms with Crippen molar-refractivity contribution in [2.45, 2.75) is 33.2 Å². The number of esters is 1. The van der Waals surface area contributed by atoms with E-state index in [2.05, 4.69) is 30.7 Å². The molecule has 0 bridgehead atoms. The molecular weight excluding hydrogens is 216 g/mol. The van der Waals surface area contributed by atoms with E-state index in [1.54, 1.807) is 0 Å². The topological polar surface area (TPSA) is 32.8 Å². The van der Waals surface area contributed by atoms with Gasteiger partial charge in [0.25, 0.3) is 0 Å². The maximum atomic E-state index is 11.6. The summed E-state index contributed by atoms with van der Waals surface area (Å²) in [7, 11) is 2.15. The van der Waals surface area contributed by atoms with Crippen LogP contribution in [-0.2, 0) is 9.53 Å². The molecule has 1 heterocycles. The molecule has 4 nitrogen and oxygen atoms in total. The first-order valence-electron chi connectivity index (χ1n) is 6.62. The zero-order chi connectivity index (χ0) is 12.8. The molecule has 0 amide bonds. The van der Waals surface area contributed by atoms with Gasteiger partial charge in [-0.2, -0.15) is 0 Å². The fourth-order valence-electron chi connectivity index (χ4n) is 2.33. The lowest BCUT2D eigenvalue weighted by molar-refractivity contribution is -0.145. The van der Waals surface area contributed by atoms with Crippen molar-refractivity contribution >= 4 is 5.97 Å². The average Bonchev–Trinajstić information content (AvgIpc) is 2.27. The van der Waals surface area contributed by atoms with Crippen LogP contribution in [0.25, 0.3) is 0 Å². The van der Waals surface area contributed by atoms with Crippen molar-refractivity contribution in [1.82, 2.24) is 9.80 Å². The van der Waals surface area contributed by atoms with Gasteiger partial charge in [-0.3, -0.25) is 9.69 Å². The number of likely N-dealkylation sites (N-methyl/N-ethyl adjacent to an activating group) is 1. The molecule has 0 aromatic carbocycles. The summed E-state index contributed by atoms with van der Waals surface area (Å²) in [4.78, 5) is 16.4. The second kappa shape index (κ2) is 6.97. The van der Waals surface area contributed by atoms with Gasteiger partial charge >= 0.3 is 5.97 Å². The molecular formula is C13H26N2O2. The number of nitrogens with zero attached hydrogens (tertiary/aromatic N) is 2. The van der Waals surface area contributed by atoms with Crippen LogP contribution >= 0.6 is 0 Å². The van der Waals surface area contributed by atoms with Crippen LogP contribution in [0.1, 0.15) is 27.2 Å². The molecule has 1 unspecified atom stereocenters. The molecule has 0 aromatic rings. The minimum absolute atomic E-state index is 0.0647. The van der Waals surface area contributed by atoms with Gasteiger partial charge < -0.3 is 9.64 Å². The zero-order valence-corrected chi connectivity index (χ0v) is 11.6. The molecule has 1 aliphatic rings. The molecule has 1 saturated heterocycles. The number of carbonyl (C=O) groups is 1. The van der Waals surface area contributed by atoms with Crippen LogP contribution in [0, 0.1) is 5.92 Å². The first-order valence-corrected chi connectivity index (χ1v) is 6.62. The Morgan fingerprint density at radius 3 is 2.29 bits per heavy atom. The van der Waals surface area contributed by atoms with E-state index >= 15 is 0 Å². The van der Waals surface area contributed by atoms with Gasteiger partial charge in [0.15, 0.2) is 0 Å². The molecule has 0 N–H and O–H groups in total. The predicted octanol–water partition coefficient (Wildman–Crippen LogP) is 1.21. The minimum atomic E-state index is -0.0647. The molecule has 0 spiro atoms. The zero-order valence-electron chi connectivity index (χ0n) is 11.6. The van der Waals surface area contributed by atoms with Gasteiger partial charge in [-0.15, -0.1) is 0 Å². The number of hydrogen-bond donors (Lipinski definition) is 0. The van der Waals surface area contributed by atoms with Crippen LogP contribution in [0.5, 0.6) is 0 Å². The lowest BCUT2D eigenvalue weighted by atomic mass is 9.98. The van der Waals surface area contributed by atoms with E-state index < -0.39 is 0 Å². The van der Waals surface area contributed by atoms with Crippen molar-refractivity contribution in [3.63, 3.8) is 0 Å². The van der Waals surface area contributed by atoms with Gasteiger partial charge in [0.1, 0.15) is 0 Å². The third-order valence-electron chi connectivity index (χ3n) is 3.46. The predicted molar refractivity (Wildman–Crippen MR) is 68.9 cm³/mol. The van der Waals surface area contributed by atoms with Gasteiger partial charge in [-0.05, 0) is 19.9 Å². The van der Waals surface area contributed by atoms with E-state index in [4.69, 9.17) is 4.74 Å². The lowest BCUT2D eigenvalue weighted by Gasteiger charge is -2.39. The van der Waals surface area contributed by atoms with E-state index in [9.17, 15) is 4.79 Å². The number of ether oxygens (including phenoxy) is 1. The second-order valence-corrected chi connectivity index (χ2v) is 5.16. The highest BCUT2D eigenvalue weighted by atomic mass is 16.5.